The first-order valence-electron chi connectivity index (χ1n) is 7.70. The van der Waals surface area contributed by atoms with Gasteiger partial charge in [-0.3, -0.25) is 14.9 Å². The number of nitrogens with zero attached hydrogens (tertiary/aromatic N) is 2. The number of carbonyl (C=O) groups excluding carboxylic acids is 1. The number of nitro benzene ring substituents is 1. The van der Waals surface area contributed by atoms with Gasteiger partial charge in [0.15, 0.2) is 0 Å². The normalized spacial score (nSPS) is 11.2. The molecule has 6 nitrogen and oxygen atoms in total. The molecule has 0 aliphatic rings. The van der Waals surface area contributed by atoms with Crippen LogP contribution in [0.25, 0.3) is 0 Å². The fourth-order valence-corrected chi connectivity index (χ4v) is 2.29. The molecule has 1 amide bonds. The third-order valence-electron chi connectivity index (χ3n) is 3.58. The number of rotatable bonds is 6. The van der Waals surface area contributed by atoms with Crippen LogP contribution in [-0.2, 0) is 6.42 Å². The van der Waals surface area contributed by atoms with Gasteiger partial charge in [0.1, 0.15) is 5.56 Å². The Morgan fingerprint density at radius 3 is 2.46 bits per heavy atom. The monoisotopic (exact) mass is 325 g/mol. The molecule has 0 unspecified atom stereocenters. The van der Waals surface area contributed by atoms with Gasteiger partial charge in [0.25, 0.3) is 11.6 Å². The van der Waals surface area contributed by atoms with Gasteiger partial charge >= 0.3 is 0 Å². The summed E-state index contributed by atoms with van der Waals surface area (Å²) in [6.45, 7) is 3.90. The molecule has 0 heterocycles. The number of nitrogens with one attached hydrogen (secondary N) is 1. The smallest absolute Gasteiger partial charge is 0.267 e. The summed E-state index contributed by atoms with van der Waals surface area (Å²) in [6.07, 6.45) is 2.10. The molecule has 0 atom stereocenters. The molecule has 0 saturated carbocycles. The molecular weight excluding hydrogens is 306 g/mol. The van der Waals surface area contributed by atoms with Gasteiger partial charge in [-0.2, -0.15) is 5.10 Å². The standard InChI is InChI=1S/C18H19N3O3/c1-3-6-14-9-11-15(12-10-14)13(2)19-20-18(22)16-7-4-5-8-17(16)21(23)24/h4-5,7-12H,3,6H2,1-2H3,(H,20,22). The summed E-state index contributed by atoms with van der Waals surface area (Å²) in [6, 6.07) is 13.7. The fraction of sp³-hybridized carbons (Fsp3) is 0.222. The minimum absolute atomic E-state index is 0.0163. The minimum atomic E-state index is -0.607. The predicted octanol–water partition coefficient (Wildman–Crippen LogP) is 3.70. The molecule has 0 spiro atoms. The first-order chi connectivity index (χ1) is 11.5. The third kappa shape index (κ3) is 4.25. The fourth-order valence-electron chi connectivity index (χ4n) is 2.29. The summed E-state index contributed by atoms with van der Waals surface area (Å²) in [4.78, 5) is 22.5. The van der Waals surface area contributed by atoms with E-state index in [0.29, 0.717) is 5.71 Å². The summed E-state index contributed by atoms with van der Waals surface area (Å²) in [5, 5.41) is 15.0. The molecule has 2 aromatic rings. The van der Waals surface area contributed by atoms with E-state index >= 15 is 0 Å². The number of hydrogen-bond acceptors (Lipinski definition) is 4. The van der Waals surface area contributed by atoms with Gasteiger partial charge in [0, 0.05) is 6.07 Å². The van der Waals surface area contributed by atoms with E-state index in [1.807, 2.05) is 24.3 Å². The zero-order chi connectivity index (χ0) is 17.5. The van der Waals surface area contributed by atoms with Gasteiger partial charge < -0.3 is 0 Å². The van der Waals surface area contributed by atoms with Gasteiger partial charge in [-0.05, 0) is 30.5 Å². The molecule has 6 heteroatoms. The highest BCUT2D eigenvalue weighted by atomic mass is 16.6. The lowest BCUT2D eigenvalue weighted by Gasteiger charge is -2.05. The zero-order valence-corrected chi connectivity index (χ0v) is 13.7. The Bertz CT molecular complexity index is 767. The van der Waals surface area contributed by atoms with Crippen molar-refractivity contribution < 1.29 is 9.72 Å². The van der Waals surface area contributed by atoms with Crippen molar-refractivity contribution in [3.8, 4) is 0 Å². The van der Waals surface area contributed by atoms with Crippen LogP contribution < -0.4 is 5.43 Å². The van der Waals surface area contributed by atoms with E-state index in [0.717, 1.165) is 18.4 Å². The molecule has 0 aliphatic heterocycles. The Balaban J connectivity index is 2.12. The molecule has 0 aliphatic carbocycles. The van der Waals surface area contributed by atoms with E-state index in [-0.39, 0.29) is 11.3 Å². The van der Waals surface area contributed by atoms with Crippen molar-refractivity contribution in [1.82, 2.24) is 5.43 Å². The van der Waals surface area contributed by atoms with Gasteiger partial charge in [0.2, 0.25) is 0 Å². The maximum atomic E-state index is 12.1. The number of para-hydroxylation sites is 1. The van der Waals surface area contributed by atoms with E-state index in [2.05, 4.69) is 17.5 Å². The Kier molecular flexibility index (Phi) is 5.78. The number of carbonyl (C=O) groups is 1. The maximum absolute atomic E-state index is 12.1. The van der Waals surface area contributed by atoms with Crippen LogP contribution in [0.4, 0.5) is 5.69 Å². The molecule has 1 N–H and O–H groups in total. The number of amides is 1. The molecule has 0 bridgehead atoms. The van der Waals surface area contributed by atoms with E-state index < -0.39 is 10.8 Å². The lowest BCUT2D eigenvalue weighted by atomic mass is 10.1. The summed E-state index contributed by atoms with van der Waals surface area (Å²) in [5.41, 5.74) is 4.88. The molecule has 0 saturated heterocycles. The van der Waals surface area contributed by atoms with Crippen LogP contribution in [0.15, 0.2) is 53.6 Å². The largest absolute Gasteiger partial charge is 0.282 e. The first-order valence-corrected chi connectivity index (χ1v) is 7.70. The van der Waals surface area contributed by atoms with Gasteiger partial charge in [-0.1, -0.05) is 49.7 Å². The van der Waals surface area contributed by atoms with Crippen LogP contribution in [0.3, 0.4) is 0 Å². The quantitative estimate of drug-likeness (QED) is 0.499. The summed E-state index contributed by atoms with van der Waals surface area (Å²) < 4.78 is 0. The molecule has 24 heavy (non-hydrogen) atoms. The average molecular weight is 325 g/mol. The second-order valence-electron chi connectivity index (χ2n) is 5.36. The molecular formula is C18H19N3O3. The lowest BCUT2D eigenvalue weighted by molar-refractivity contribution is -0.385. The first kappa shape index (κ1) is 17.3. The van der Waals surface area contributed by atoms with E-state index in [1.54, 1.807) is 13.0 Å². The highest BCUT2D eigenvalue weighted by Crippen LogP contribution is 2.17. The van der Waals surface area contributed by atoms with Crippen molar-refractivity contribution in [2.24, 2.45) is 5.10 Å². The third-order valence-corrected chi connectivity index (χ3v) is 3.58. The van der Waals surface area contributed by atoms with Gasteiger partial charge in [0.05, 0.1) is 10.6 Å². The second kappa shape index (κ2) is 8.01. The van der Waals surface area contributed by atoms with Gasteiger partial charge in [-0.15, -0.1) is 0 Å². The number of benzene rings is 2. The Labute approximate surface area is 140 Å². The highest BCUT2D eigenvalue weighted by Gasteiger charge is 2.18. The topological polar surface area (TPSA) is 84.6 Å². The van der Waals surface area contributed by atoms with Crippen LogP contribution in [0.1, 0.15) is 41.8 Å². The average Bonchev–Trinajstić information content (AvgIpc) is 2.60. The highest BCUT2D eigenvalue weighted by molar-refractivity contribution is 6.02. The number of hydrazone groups is 1. The van der Waals surface area contributed by atoms with Crippen LogP contribution in [0.2, 0.25) is 0 Å². The molecule has 0 aromatic heterocycles. The van der Waals surface area contributed by atoms with Crippen molar-refractivity contribution in [3.63, 3.8) is 0 Å². The summed E-state index contributed by atoms with van der Waals surface area (Å²) in [5.74, 6) is -0.607. The molecule has 2 rings (SSSR count). The van der Waals surface area contributed by atoms with Crippen LogP contribution in [0.5, 0.6) is 0 Å². The lowest BCUT2D eigenvalue weighted by Crippen LogP contribution is -2.20. The predicted molar refractivity (Wildman–Crippen MR) is 93.2 cm³/mol. The minimum Gasteiger partial charge on any atom is -0.267 e. The maximum Gasteiger partial charge on any atom is 0.282 e. The number of hydrogen-bond donors (Lipinski definition) is 1. The van der Waals surface area contributed by atoms with Crippen LogP contribution in [-0.4, -0.2) is 16.5 Å². The van der Waals surface area contributed by atoms with E-state index in [4.69, 9.17) is 0 Å². The number of aryl methyl sites for hydroxylation is 1. The van der Waals surface area contributed by atoms with Crippen LogP contribution in [0, 0.1) is 10.1 Å². The Morgan fingerprint density at radius 1 is 1.17 bits per heavy atom. The van der Waals surface area contributed by atoms with Crippen molar-refractivity contribution in [3.05, 3.63) is 75.3 Å². The summed E-state index contributed by atoms with van der Waals surface area (Å²) >= 11 is 0. The van der Waals surface area contributed by atoms with Gasteiger partial charge in [-0.25, -0.2) is 5.43 Å². The van der Waals surface area contributed by atoms with E-state index in [9.17, 15) is 14.9 Å². The van der Waals surface area contributed by atoms with E-state index in [1.165, 1.54) is 23.8 Å². The summed E-state index contributed by atoms with van der Waals surface area (Å²) in [7, 11) is 0. The number of nitro groups is 1. The zero-order valence-electron chi connectivity index (χ0n) is 13.7. The Morgan fingerprint density at radius 2 is 1.83 bits per heavy atom. The molecule has 124 valence electrons. The van der Waals surface area contributed by atoms with Crippen molar-refractivity contribution in [2.75, 3.05) is 0 Å². The Hall–Kier alpha value is -3.02. The van der Waals surface area contributed by atoms with Crippen molar-refractivity contribution in [1.29, 1.82) is 0 Å². The van der Waals surface area contributed by atoms with Crippen LogP contribution >= 0.6 is 0 Å². The SMILES string of the molecule is CCCc1ccc(C(C)=NNC(=O)c2ccccc2[N+](=O)[O-])cc1. The molecule has 0 radical (unpaired) electrons. The molecule has 2 aromatic carbocycles. The second-order valence-corrected chi connectivity index (χ2v) is 5.36. The molecule has 0 fully saturated rings. The van der Waals surface area contributed by atoms with Crippen molar-refractivity contribution >= 4 is 17.3 Å². The van der Waals surface area contributed by atoms with Crippen molar-refractivity contribution in [2.45, 2.75) is 26.7 Å².